The molecule has 0 saturated heterocycles. The fourth-order valence-corrected chi connectivity index (χ4v) is 1.69. The molecule has 0 radical (unpaired) electrons. The number of rotatable bonds is 3. The molecular formula is C8H15N3O3P+. The lowest BCUT2D eigenvalue weighted by molar-refractivity contribution is 0.316. The topological polar surface area (TPSA) is 139 Å². The highest BCUT2D eigenvalue weighted by atomic mass is 31.2. The van der Waals surface area contributed by atoms with Crippen LogP contribution in [0.3, 0.4) is 0 Å². The van der Waals surface area contributed by atoms with E-state index in [-0.39, 0.29) is 0 Å². The van der Waals surface area contributed by atoms with Gasteiger partial charge in [-0.05, 0) is 5.56 Å². The molecule has 9 N–H and O–H groups in total. The molecule has 0 heterocycles. The summed E-state index contributed by atoms with van der Waals surface area (Å²) in [6, 6.07) is 6.33. The van der Waals surface area contributed by atoms with Gasteiger partial charge in [0.15, 0.2) is 0 Å². The Bertz CT molecular complexity index is 323. The summed E-state index contributed by atoms with van der Waals surface area (Å²) >= 11 is 0. The molecule has 15 heavy (non-hydrogen) atoms. The van der Waals surface area contributed by atoms with E-state index in [1.807, 2.05) is 0 Å². The van der Waals surface area contributed by atoms with E-state index in [4.69, 9.17) is 31.9 Å². The van der Waals surface area contributed by atoms with Gasteiger partial charge in [-0.25, -0.2) is 0 Å². The van der Waals surface area contributed by atoms with E-state index in [0.717, 1.165) is 0 Å². The van der Waals surface area contributed by atoms with Gasteiger partial charge in [-0.1, -0.05) is 24.3 Å². The van der Waals surface area contributed by atoms with E-state index < -0.39 is 19.9 Å². The molecule has 1 atom stereocenters. The minimum Gasteiger partial charge on any atom is -0.312 e. The van der Waals surface area contributed by atoms with Crippen LogP contribution < -0.4 is 17.2 Å². The van der Waals surface area contributed by atoms with Gasteiger partial charge in [0.05, 0.1) is 6.17 Å². The molecule has 0 saturated carbocycles. The molecule has 0 unspecified atom stereocenters. The smallest absolute Gasteiger partial charge is 0.312 e. The molecule has 1 aromatic carbocycles. The summed E-state index contributed by atoms with van der Waals surface area (Å²) < 4.78 is 0. The molecule has 0 aliphatic heterocycles. The summed E-state index contributed by atoms with van der Waals surface area (Å²) in [5, 5.41) is 0. The molecule has 1 aromatic rings. The van der Waals surface area contributed by atoms with Crippen LogP contribution in [0.1, 0.15) is 23.1 Å². The standard InChI is InChI=1S/C8H15N3O3P/c9-7(10)5-1-3-6(4-2-5)8(11)15(12,13)14/h1-4,7-8,12-14H,9-11H2/q+1/t8-/m1/s1. The fraction of sp³-hybridized carbons (Fsp3) is 0.250. The van der Waals surface area contributed by atoms with E-state index in [2.05, 4.69) is 0 Å². The van der Waals surface area contributed by atoms with E-state index in [9.17, 15) is 0 Å². The number of nitrogens with two attached hydrogens (primary N) is 3. The number of benzene rings is 1. The monoisotopic (exact) mass is 232 g/mol. The summed E-state index contributed by atoms with van der Waals surface area (Å²) in [6.45, 7) is 0. The second-order valence-corrected chi connectivity index (χ2v) is 5.04. The van der Waals surface area contributed by atoms with Gasteiger partial charge in [0, 0.05) is 5.56 Å². The van der Waals surface area contributed by atoms with Crippen LogP contribution in [0.2, 0.25) is 0 Å². The molecule has 0 aromatic heterocycles. The van der Waals surface area contributed by atoms with Crippen molar-refractivity contribution < 1.29 is 14.7 Å². The second kappa shape index (κ2) is 4.51. The van der Waals surface area contributed by atoms with Crippen LogP contribution in [0.4, 0.5) is 0 Å². The minimum atomic E-state index is -4.05. The zero-order chi connectivity index (χ0) is 11.6. The molecule has 0 amide bonds. The molecule has 0 fully saturated rings. The van der Waals surface area contributed by atoms with Gasteiger partial charge in [-0.15, -0.1) is 0 Å². The van der Waals surface area contributed by atoms with Crippen molar-refractivity contribution in [1.29, 1.82) is 0 Å². The van der Waals surface area contributed by atoms with Crippen LogP contribution in [-0.4, -0.2) is 14.7 Å². The van der Waals surface area contributed by atoms with Gasteiger partial charge in [-0.2, -0.15) is 14.7 Å². The molecule has 6 nitrogen and oxygen atoms in total. The maximum absolute atomic E-state index is 8.97. The van der Waals surface area contributed by atoms with Crippen molar-refractivity contribution >= 4 is 7.94 Å². The van der Waals surface area contributed by atoms with Crippen molar-refractivity contribution in [2.75, 3.05) is 0 Å². The first kappa shape index (κ1) is 12.5. The normalized spacial score (nSPS) is 14.3. The SMILES string of the molecule is NC(N)c1ccc([C@H](N)[P+](O)(O)O)cc1. The average Bonchev–Trinajstić information content (AvgIpc) is 2.15. The molecule has 0 bridgehead atoms. The Labute approximate surface area is 87.9 Å². The first-order valence-electron chi connectivity index (χ1n) is 4.26. The Balaban J connectivity index is 2.89. The zero-order valence-electron chi connectivity index (χ0n) is 7.99. The third-order valence-electron chi connectivity index (χ3n) is 2.04. The van der Waals surface area contributed by atoms with E-state index in [1.165, 1.54) is 0 Å². The van der Waals surface area contributed by atoms with Crippen molar-refractivity contribution in [2.45, 2.75) is 11.9 Å². The van der Waals surface area contributed by atoms with Gasteiger partial charge in [0.1, 0.15) is 0 Å². The molecular weight excluding hydrogens is 217 g/mol. The summed E-state index contributed by atoms with van der Waals surface area (Å²) in [5.74, 6) is -1.19. The van der Waals surface area contributed by atoms with Crippen LogP contribution in [0, 0.1) is 0 Å². The van der Waals surface area contributed by atoms with Crippen molar-refractivity contribution in [3.05, 3.63) is 35.4 Å². The Morgan fingerprint density at radius 3 is 1.60 bits per heavy atom. The summed E-state index contributed by atoms with van der Waals surface area (Å²) in [6.07, 6.45) is -0.591. The van der Waals surface area contributed by atoms with Crippen molar-refractivity contribution in [3.8, 4) is 0 Å². The Kier molecular flexibility index (Phi) is 3.75. The maximum Gasteiger partial charge on any atom is 0.426 e. The van der Waals surface area contributed by atoms with Crippen molar-refractivity contribution in [2.24, 2.45) is 17.2 Å². The highest BCUT2D eigenvalue weighted by Crippen LogP contribution is 2.55. The zero-order valence-corrected chi connectivity index (χ0v) is 8.88. The third kappa shape index (κ3) is 3.19. The molecule has 7 heteroatoms. The largest absolute Gasteiger partial charge is 0.426 e. The van der Waals surface area contributed by atoms with Gasteiger partial charge in [-0.3, -0.25) is 5.73 Å². The molecule has 1 rings (SSSR count). The van der Waals surface area contributed by atoms with Crippen molar-refractivity contribution in [3.63, 3.8) is 0 Å². The lowest BCUT2D eigenvalue weighted by atomic mass is 10.1. The predicted octanol–water partition coefficient (Wildman–Crippen LogP) is -0.701. The quantitative estimate of drug-likeness (QED) is 0.301. The second-order valence-electron chi connectivity index (χ2n) is 3.25. The average molecular weight is 232 g/mol. The lowest BCUT2D eigenvalue weighted by Crippen LogP contribution is -2.20. The summed E-state index contributed by atoms with van der Waals surface area (Å²) in [5.41, 5.74) is 17.4. The number of hydrogen-bond acceptors (Lipinski definition) is 6. The van der Waals surface area contributed by atoms with Gasteiger partial charge < -0.3 is 11.5 Å². The van der Waals surface area contributed by atoms with E-state index >= 15 is 0 Å². The third-order valence-corrected chi connectivity index (χ3v) is 3.08. The maximum atomic E-state index is 8.97. The van der Waals surface area contributed by atoms with Crippen LogP contribution in [0.5, 0.6) is 0 Å². The van der Waals surface area contributed by atoms with Gasteiger partial charge >= 0.3 is 7.94 Å². The molecule has 0 spiro atoms. The lowest BCUT2D eigenvalue weighted by Gasteiger charge is -2.13. The highest BCUT2D eigenvalue weighted by Gasteiger charge is 2.40. The summed E-state index contributed by atoms with van der Waals surface area (Å²) in [4.78, 5) is 26.9. The van der Waals surface area contributed by atoms with Crippen molar-refractivity contribution in [1.82, 2.24) is 0 Å². The van der Waals surface area contributed by atoms with E-state index in [1.54, 1.807) is 24.3 Å². The predicted molar refractivity (Wildman–Crippen MR) is 58.1 cm³/mol. The minimum absolute atomic E-state index is 0.417. The number of hydrogen-bond donors (Lipinski definition) is 6. The Morgan fingerprint density at radius 2 is 1.27 bits per heavy atom. The van der Waals surface area contributed by atoms with Gasteiger partial charge in [0.2, 0.25) is 5.78 Å². The molecule has 0 aliphatic rings. The van der Waals surface area contributed by atoms with Gasteiger partial charge in [0.25, 0.3) is 0 Å². The van der Waals surface area contributed by atoms with Crippen LogP contribution in [0.25, 0.3) is 0 Å². The molecule has 84 valence electrons. The fourth-order valence-electron chi connectivity index (χ4n) is 1.12. The van der Waals surface area contributed by atoms with Crippen LogP contribution >= 0.6 is 7.94 Å². The van der Waals surface area contributed by atoms with Crippen LogP contribution in [-0.2, 0) is 0 Å². The Morgan fingerprint density at radius 1 is 0.867 bits per heavy atom. The Hall–Kier alpha value is -0.590. The first-order valence-corrected chi connectivity index (χ1v) is 5.97. The van der Waals surface area contributed by atoms with E-state index in [0.29, 0.717) is 11.1 Å². The summed E-state index contributed by atoms with van der Waals surface area (Å²) in [7, 11) is -4.05. The highest BCUT2D eigenvalue weighted by molar-refractivity contribution is 7.58. The van der Waals surface area contributed by atoms with Crippen LogP contribution in [0.15, 0.2) is 24.3 Å². The molecule has 0 aliphatic carbocycles. The first-order chi connectivity index (χ1) is 6.82.